The van der Waals surface area contributed by atoms with E-state index in [0.29, 0.717) is 35.6 Å². The van der Waals surface area contributed by atoms with E-state index in [1.807, 2.05) is 0 Å². The van der Waals surface area contributed by atoms with E-state index in [1.54, 1.807) is 44.1 Å². The fourth-order valence-corrected chi connectivity index (χ4v) is 4.08. The number of aromatic nitrogens is 1. The van der Waals surface area contributed by atoms with E-state index < -0.39 is 5.91 Å². The molecule has 10 nitrogen and oxygen atoms in total. The minimum absolute atomic E-state index is 0.0784. The van der Waals surface area contributed by atoms with E-state index in [0.717, 1.165) is 0 Å². The van der Waals surface area contributed by atoms with Gasteiger partial charge >= 0.3 is 0 Å². The van der Waals surface area contributed by atoms with Crippen LogP contribution in [0.5, 0.6) is 5.75 Å². The second kappa shape index (κ2) is 8.99. The van der Waals surface area contributed by atoms with Crippen molar-refractivity contribution in [1.29, 1.82) is 0 Å². The minimum atomic E-state index is -0.433. The second-order valence-electron chi connectivity index (χ2n) is 8.03. The molecule has 32 heavy (non-hydrogen) atoms. The summed E-state index contributed by atoms with van der Waals surface area (Å²) >= 11 is 0. The molecule has 2 aliphatic heterocycles. The van der Waals surface area contributed by atoms with Crippen molar-refractivity contribution in [2.24, 2.45) is 0 Å². The van der Waals surface area contributed by atoms with Crippen LogP contribution < -0.4 is 15.4 Å². The highest BCUT2D eigenvalue weighted by atomic mass is 16.5. The van der Waals surface area contributed by atoms with E-state index in [2.05, 4.69) is 15.8 Å². The molecule has 0 radical (unpaired) electrons. The first kappa shape index (κ1) is 21.8. The number of fused-ring (bicyclic) bond motifs is 2. The molecular formula is C22H26N4O6. The highest BCUT2D eigenvalue weighted by Crippen LogP contribution is 2.32. The van der Waals surface area contributed by atoms with Gasteiger partial charge in [0.1, 0.15) is 24.2 Å². The minimum Gasteiger partial charge on any atom is -0.490 e. The maximum absolute atomic E-state index is 13.2. The molecular weight excluding hydrogens is 416 g/mol. The number of carbonyl (C=O) groups excluding carboxylic acids is 3. The maximum Gasteiger partial charge on any atom is 0.277 e. The Bertz CT molecular complexity index is 1040. The molecule has 0 aliphatic carbocycles. The zero-order chi connectivity index (χ0) is 22.8. The Balaban J connectivity index is 1.51. The van der Waals surface area contributed by atoms with Gasteiger partial charge in [-0.15, -0.1) is 0 Å². The van der Waals surface area contributed by atoms with Crippen molar-refractivity contribution >= 4 is 23.4 Å². The zero-order valence-corrected chi connectivity index (χ0v) is 18.2. The Morgan fingerprint density at radius 3 is 2.78 bits per heavy atom. The summed E-state index contributed by atoms with van der Waals surface area (Å²) in [6.45, 7) is 1.95. The fraction of sp³-hybridized carbons (Fsp3) is 0.455. The van der Waals surface area contributed by atoms with Gasteiger partial charge < -0.3 is 29.5 Å². The van der Waals surface area contributed by atoms with Crippen LogP contribution in [-0.2, 0) is 9.53 Å². The molecule has 1 saturated heterocycles. The Labute approximate surface area is 185 Å². The lowest BCUT2D eigenvalue weighted by Crippen LogP contribution is -2.53. The summed E-state index contributed by atoms with van der Waals surface area (Å²) in [6.07, 6.45) is 1.11. The molecule has 3 atom stereocenters. The summed E-state index contributed by atoms with van der Waals surface area (Å²) in [7, 11) is 3.33. The number of amides is 3. The Morgan fingerprint density at radius 2 is 2.06 bits per heavy atom. The number of hydrogen-bond donors (Lipinski definition) is 2. The van der Waals surface area contributed by atoms with Gasteiger partial charge in [0.2, 0.25) is 5.91 Å². The van der Waals surface area contributed by atoms with E-state index in [-0.39, 0.29) is 48.8 Å². The van der Waals surface area contributed by atoms with Gasteiger partial charge in [-0.1, -0.05) is 5.16 Å². The quantitative estimate of drug-likeness (QED) is 0.739. The molecule has 3 heterocycles. The number of nitrogens with zero attached hydrogens (tertiary/aromatic N) is 2. The molecule has 1 aromatic heterocycles. The predicted molar refractivity (Wildman–Crippen MR) is 114 cm³/mol. The third kappa shape index (κ3) is 4.45. The highest BCUT2D eigenvalue weighted by molar-refractivity contribution is 6.04. The summed E-state index contributed by atoms with van der Waals surface area (Å²) in [5.41, 5.74) is 0.956. The van der Waals surface area contributed by atoms with Gasteiger partial charge in [-0.3, -0.25) is 14.4 Å². The third-order valence-electron chi connectivity index (χ3n) is 5.82. The van der Waals surface area contributed by atoms with Crippen LogP contribution in [0.15, 0.2) is 28.8 Å². The lowest BCUT2D eigenvalue weighted by molar-refractivity contribution is -0.133. The lowest BCUT2D eigenvalue weighted by Gasteiger charge is -2.42. The number of hydrogen-bond acceptors (Lipinski definition) is 7. The van der Waals surface area contributed by atoms with Crippen molar-refractivity contribution < 1.29 is 28.4 Å². The summed E-state index contributed by atoms with van der Waals surface area (Å²) < 4.78 is 17.0. The monoisotopic (exact) mass is 442 g/mol. The van der Waals surface area contributed by atoms with E-state index in [9.17, 15) is 14.4 Å². The molecule has 3 amide bonds. The van der Waals surface area contributed by atoms with Crippen LogP contribution in [0.3, 0.4) is 0 Å². The summed E-state index contributed by atoms with van der Waals surface area (Å²) in [4.78, 5) is 39.0. The topological polar surface area (TPSA) is 123 Å². The van der Waals surface area contributed by atoms with Crippen LogP contribution in [0.4, 0.5) is 5.69 Å². The van der Waals surface area contributed by atoms with Gasteiger partial charge in [0.25, 0.3) is 11.8 Å². The van der Waals surface area contributed by atoms with Crippen molar-refractivity contribution in [2.45, 2.75) is 44.4 Å². The number of benzene rings is 1. The van der Waals surface area contributed by atoms with E-state index >= 15 is 0 Å². The second-order valence-corrected chi connectivity index (χ2v) is 8.03. The van der Waals surface area contributed by atoms with Crippen molar-refractivity contribution in [1.82, 2.24) is 15.4 Å². The van der Waals surface area contributed by atoms with Crippen molar-refractivity contribution in [2.75, 3.05) is 26.0 Å². The molecule has 2 aliphatic rings. The van der Waals surface area contributed by atoms with Gasteiger partial charge in [0, 0.05) is 25.8 Å². The smallest absolute Gasteiger partial charge is 0.277 e. The number of anilines is 1. The first-order valence-corrected chi connectivity index (χ1v) is 10.5. The summed E-state index contributed by atoms with van der Waals surface area (Å²) in [6, 6.07) is 6.26. The lowest BCUT2D eigenvalue weighted by atomic mass is 9.94. The van der Waals surface area contributed by atoms with E-state index in [4.69, 9.17) is 14.0 Å². The average molecular weight is 442 g/mol. The van der Waals surface area contributed by atoms with Gasteiger partial charge in [-0.2, -0.15) is 0 Å². The Morgan fingerprint density at radius 1 is 1.25 bits per heavy atom. The van der Waals surface area contributed by atoms with Gasteiger partial charge in [-0.05, 0) is 38.0 Å². The summed E-state index contributed by atoms with van der Waals surface area (Å²) in [5.74, 6) is 0.201. The van der Waals surface area contributed by atoms with Crippen molar-refractivity contribution in [3.05, 3.63) is 41.3 Å². The number of rotatable bonds is 4. The molecule has 2 N–H and O–H groups in total. The average Bonchev–Trinajstić information content (AvgIpc) is 3.23. The first-order chi connectivity index (χ1) is 15.4. The molecule has 2 aromatic rings. The van der Waals surface area contributed by atoms with E-state index in [1.165, 1.54) is 6.07 Å². The van der Waals surface area contributed by atoms with Crippen LogP contribution in [0, 0.1) is 6.92 Å². The molecule has 0 bridgehead atoms. The standard InChI is InChI=1S/C22H26N4O6/c1-12-8-16(25-32-12)21(28)24-13-4-7-18-15(9-13)22(29)26(3)17-6-5-14(10-20(27)23-2)31-19(17)11-30-18/h4,7-9,14,17,19H,5-6,10-11H2,1-3H3,(H,23,27)(H,24,28)/t14-,17-,19+/m0/s1. The van der Waals surface area contributed by atoms with Crippen LogP contribution >= 0.6 is 0 Å². The number of nitrogens with one attached hydrogen (secondary N) is 2. The molecule has 0 saturated carbocycles. The number of aryl methyl sites for hydroxylation is 1. The van der Waals surface area contributed by atoms with Gasteiger partial charge in [0.05, 0.1) is 24.1 Å². The molecule has 1 aromatic carbocycles. The maximum atomic E-state index is 13.2. The molecule has 0 unspecified atom stereocenters. The molecule has 1 fully saturated rings. The zero-order valence-electron chi connectivity index (χ0n) is 18.2. The van der Waals surface area contributed by atoms with Crippen molar-refractivity contribution in [3.8, 4) is 5.75 Å². The first-order valence-electron chi connectivity index (χ1n) is 10.5. The number of ether oxygens (including phenoxy) is 2. The predicted octanol–water partition coefficient (Wildman–Crippen LogP) is 1.75. The Hall–Kier alpha value is -3.40. The normalized spacial score (nSPS) is 22.7. The largest absolute Gasteiger partial charge is 0.490 e. The van der Waals surface area contributed by atoms with Crippen LogP contribution in [0.1, 0.15) is 45.9 Å². The van der Waals surface area contributed by atoms with Gasteiger partial charge in [-0.25, -0.2) is 0 Å². The summed E-state index contributed by atoms with van der Waals surface area (Å²) in [5, 5.41) is 9.04. The van der Waals surface area contributed by atoms with Crippen LogP contribution in [-0.4, -0.2) is 66.7 Å². The SMILES string of the molecule is CNC(=O)C[C@@H]1CC[C@H]2[C@@H](COc3ccc(NC(=O)c4cc(C)on4)cc3C(=O)N2C)O1. The molecule has 0 spiro atoms. The van der Waals surface area contributed by atoms with Crippen LogP contribution in [0.25, 0.3) is 0 Å². The highest BCUT2D eigenvalue weighted by Gasteiger charge is 2.39. The van der Waals surface area contributed by atoms with Crippen LogP contribution in [0.2, 0.25) is 0 Å². The molecule has 10 heteroatoms. The van der Waals surface area contributed by atoms with Gasteiger partial charge in [0.15, 0.2) is 5.69 Å². The Kier molecular flexibility index (Phi) is 6.13. The third-order valence-corrected chi connectivity index (χ3v) is 5.82. The molecule has 4 rings (SSSR count). The van der Waals surface area contributed by atoms with Crippen molar-refractivity contribution in [3.63, 3.8) is 0 Å². The number of carbonyl (C=O) groups is 3. The molecule has 170 valence electrons. The fourth-order valence-electron chi connectivity index (χ4n) is 4.08. The number of likely N-dealkylation sites (N-methyl/N-ethyl adjacent to an activating group) is 1.